The molecule has 0 radical (unpaired) electrons. The number of aromatic nitrogens is 2. The number of likely N-dealkylation sites (N-methyl/N-ethyl adjacent to an activating group) is 1. The Labute approximate surface area is 224 Å². The summed E-state index contributed by atoms with van der Waals surface area (Å²) in [5, 5.41) is 6.88. The highest BCUT2D eigenvalue weighted by atomic mass is 16.5. The molecule has 1 aliphatic heterocycles. The van der Waals surface area contributed by atoms with Crippen molar-refractivity contribution < 1.29 is 19.1 Å². The molecule has 8 heteroatoms. The lowest BCUT2D eigenvalue weighted by atomic mass is 9.88. The molecule has 8 nitrogen and oxygen atoms in total. The SMILES string of the molecule is CN(C)CCCC(=O)c1ccc2c(c1)CC(C(=O)Cc1ccc(-c3cn[nH]c3)cc1OCCN(C)C)CO2. The number of fused-ring (bicyclic) bond motifs is 1. The van der Waals surface area contributed by atoms with Gasteiger partial charge in [-0.25, -0.2) is 0 Å². The highest BCUT2D eigenvalue weighted by Crippen LogP contribution is 2.32. The molecule has 38 heavy (non-hydrogen) atoms. The van der Waals surface area contributed by atoms with E-state index in [0.717, 1.165) is 47.5 Å². The summed E-state index contributed by atoms with van der Waals surface area (Å²) in [5.41, 5.74) is 4.41. The van der Waals surface area contributed by atoms with Gasteiger partial charge < -0.3 is 19.3 Å². The van der Waals surface area contributed by atoms with Gasteiger partial charge in [-0.15, -0.1) is 0 Å². The Kier molecular flexibility index (Phi) is 9.31. The van der Waals surface area contributed by atoms with Gasteiger partial charge in [0.05, 0.1) is 18.7 Å². The van der Waals surface area contributed by atoms with E-state index in [-0.39, 0.29) is 23.9 Å². The van der Waals surface area contributed by atoms with Gasteiger partial charge in [0.25, 0.3) is 0 Å². The van der Waals surface area contributed by atoms with E-state index in [1.807, 2.05) is 70.8 Å². The van der Waals surface area contributed by atoms with Crippen LogP contribution in [-0.4, -0.2) is 86.1 Å². The first-order chi connectivity index (χ1) is 18.3. The lowest BCUT2D eigenvalue weighted by Gasteiger charge is -2.25. The van der Waals surface area contributed by atoms with E-state index in [0.29, 0.717) is 37.4 Å². The number of benzene rings is 2. The molecule has 2 heterocycles. The van der Waals surface area contributed by atoms with E-state index in [1.54, 1.807) is 6.20 Å². The van der Waals surface area contributed by atoms with E-state index < -0.39 is 0 Å². The van der Waals surface area contributed by atoms with Crippen LogP contribution in [0.2, 0.25) is 0 Å². The number of hydrogen-bond donors (Lipinski definition) is 1. The first-order valence-corrected chi connectivity index (χ1v) is 13.2. The maximum atomic E-state index is 13.4. The van der Waals surface area contributed by atoms with Crippen LogP contribution in [0.4, 0.5) is 0 Å². The van der Waals surface area contributed by atoms with E-state index in [1.165, 1.54) is 0 Å². The molecule has 1 aromatic heterocycles. The minimum absolute atomic E-state index is 0.104. The minimum Gasteiger partial charge on any atom is -0.493 e. The Hall–Kier alpha value is -3.49. The maximum Gasteiger partial charge on any atom is 0.162 e. The zero-order chi connectivity index (χ0) is 27.1. The number of hydrogen-bond acceptors (Lipinski definition) is 7. The van der Waals surface area contributed by atoms with Crippen LogP contribution < -0.4 is 9.47 Å². The van der Waals surface area contributed by atoms with Crippen molar-refractivity contribution in [3.63, 3.8) is 0 Å². The van der Waals surface area contributed by atoms with Gasteiger partial charge in [-0.2, -0.15) is 5.10 Å². The number of aromatic amines is 1. The highest BCUT2D eigenvalue weighted by molar-refractivity contribution is 5.96. The zero-order valence-electron chi connectivity index (χ0n) is 22.8. The molecule has 1 unspecified atom stereocenters. The predicted molar refractivity (Wildman–Crippen MR) is 148 cm³/mol. The predicted octanol–water partition coefficient (Wildman–Crippen LogP) is 3.90. The average Bonchev–Trinajstić information content (AvgIpc) is 3.43. The van der Waals surface area contributed by atoms with Crippen LogP contribution in [0.1, 0.15) is 34.3 Å². The van der Waals surface area contributed by atoms with Crippen LogP contribution in [0.25, 0.3) is 11.1 Å². The second-order valence-corrected chi connectivity index (χ2v) is 10.5. The maximum absolute atomic E-state index is 13.4. The summed E-state index contributed by atoms with van der Waals surface area (Å²) in [5.74, 6) is 1.43. The molecule has 0 spiro atoms. The molecule has 2 aromatic carbocycles. The summed E-state index contributed by atoms with van der Waals surface area (Å²) in [6.07, 6.45) is 5.75. The van der Waals surface area contributed by atoms with Gasteiger partial charge >= 0.3 is 0 Å². The van der Waals surface area contributed by atoms with Crippen LogP contribution in [-0.2, 0) is 17.6 Å². The minimum atomic E-state index is -0.273. The zero-order valence-corrected chi connectivity index (χ0v) is 22.8. The molecule has 0 fully saturated rings. The smallest absolute Gasteiger partial charge is 0.162 e. The molecule has 1 N–H and O–H groups in total. The number of ketones is 2. The van der Waals surface area contributed by atoms with Gasteiger partial charge in [-0.05, 0) is 83.0 Å². The Balaban J connectivity index is 1.45. The van der Waals surface area contributed by atoms with E-state index in [4.69, 9.17) is 9.47 Å². The van der Waals surface area contributed by atoms with Crippen molar-refractivity contribution in [2.45, 2.75) is 25.7 Å². The van der Waals surface area contributed by atoms with Crippen molar-refractivity contribution in [1.29, 1.82) is 0 Å². The summed E-state index contributed by atoms with van der Waals surface area (Å²) in [6, 6.07) is 11.5. The second kappa shape index (κ2) is 12.8. The fourth-order valence-electron chi connectivity index (χ4n) is 4.57. The van der Waals surface area contributed by atoms with Gasteiger partial charge in [0.15, 0.2) is 5.78 Å². The van der Waals surface area contributed by atoms with Crippen LogP contribution >= 0.6 is 0 Å². The quantitative estimate of drug-likeness (QED) is 0.343. The normalized spacial score (nSPS) is 14.8. The van der Waals surface area contributed by atoms with Crippen LogP contribution in [0.5, 0.6) is 11.5 Å². The molecular weight excluding hydrogens is 480 g/mol. The molecule has 4 rings (SSSR count). The van der Waals surface area contributed by atoms with Crippen LogP contribution in [0.3, 0.4) is 0 Å². The fraction of sp³-hybridized carbons (Fsp3) is 0.433. The molecule has 3 aromatic rings. The summed E-state index contributed by atoms with van der Waals surface area (Å²) < 4.78 is 12.1. The van der Waals surface area contributed by atoms with Crippen molar-refractivity contribution >= 4 is 11.6 Å². The van der Waals surface area contributed by atoms with Crippen molar-refractivity contribution in [1.82, 2.24) is 20.0 Å². The third-order valence-corrected chi connectivity index (χ3v) is 6.81. The van der Waals surface area contributed by atoms with Crippen molar-refractivity contribution in [2.24, 2.45) is 5.92 Å². The Morgan fingerprint density at radius 1 is 1.05 bits per heavy atom. The highest BCUT2D eigenvalue weighted by Gasteiger charge is 2.27. The van der Waals surface area contributed by atoms with Gasteiger partial charge in [0.2, 0.25) is 0 Å². The monoisotopic (exact) mass is 518 g/mol. The van der Waals surface area contributed by atoms with Gasteiger partial charge in [0, 0.05) is 42.3 Å². The number of carbonyl (C=O) groups is 2. The molecule has 0 bridgehead atoms. The third-order valence-electron chi connectivity index (χ3n) is 6.81. The number of carbonyl (C=O) groups excluding carboxylic acids is 2. The largest absolute Gasteiger partial charge is 0.493 e. The van der Waals surface area contributed by atoms with Gasteiger partial charge in [-0.1, -0.05) is 12.1 Å². The molecule has 0 saturated heterocycles. The average molecular weight is 519 g/mol. The Morgan fingerprint density at radius 3 is 2.61 bits per heavy atom. The second-order valence-electron chi connectivity index (χ2n) is 10.5. The molecule has 0 aliphatic carbocycles. The standard InChI is InChI=1S/C30H38N4O4/c1-33(2)11-5-6-27(35)22-9-10-29-24(14-22)15-25(20-38-29)28(36)16-23-8-7-21(26-18-31-32-19-26)17-30(23)37-13-12-34(3)4/h7-10,14,17-19,25H,5-6,11-13,15-16,20H2,1-4H3,(H,31,32). The number of rotatable bonds is 13. The van der Waals surface area contributed by atoms with Crippen molar-refractivity contribution in [3.05, 3.63) is 65.5 Å². The number of nitrogens with zero attached hydrogens (tertiary/aromatic N) is 3. The summed E-state index contributed by atoms with van der Waals surface area (Å²) in [4.78, 5) is 30.3. The molecule has 1 atom stereocenters. The van der Waals surface area contributed by atoms with Gasteiger partial charge in [0.1, 0.15) is 23.9 Å². The molecule has 1 aliphatic rings. The topological polar surface area (TPSA) is 87.8 Å². The number of ether oxygens (including phenoxy) is 2. The van der Waals surface area contributed by atoms with Crippen molar-refractivity contribution in [2.75, 3.05) is 54.5 Å². The number of nitrogens with one attached hydrogen (secondary N) is 1. The first-order valence-electron chi connectivity index (χ1n) is 13.2. The third kappa shape index (κ3) is 7.30. The lowest BCUT2D eigenvalue weighted by Crippen LogP contribution is -2.29. The lowest BCUT2D eigenvalue weighted by molar-refractivity contribution is -0.123. The Morgan fingerprint density at radius 2 is 1.87 bits per heavy atom. The molecule has 202 valence electrons. The molecular formula is C30H38N4O4. The van der Waals surface area contributed by atoms with Gasteiger partial charge in [-0.3, -0.25) is 14.7 Å². The van der Waals surface area contributed by atoms with E-state index in [9.17, 15) is 9.59 Å². The fourth-order valence-corrected chi connectivity index (χ4v) is 4.57. The van der Waals surface area contributed by atoms with Crippen molar-refractivity contribution in [3.8, 4) is 22.6 Å². The number of Topliss-reactive ketones (excluding diaryl/α,β-unsaturated/α-hetero) is 2. The summed E-state index contributed by atoms with van der Waals surface area (Å²) >= 11 is 0. The van der Waals surface area contributed by atoms with Crippen LogP contribution in [0, 0.1) is 5.92 Å². The number of H-pyrrole nitrogens is 1. The Bertz CT molecular complexity index is 1240. The summed E-state index contributed by atoms with van der Waals surface area (Å²) in [6.45, 7) is 2.51. The molecule has 0 amide bonds. The first kappa shape index (κ1) is 27.5. The summed E-state index contributed by atoms with van der Waals surface area (Å²) in [7, 11) is 8.01. The molecule has 0 saturated carbocycles. The van der Waals surface area contributed by atoms with E-state index in [2.05, 4.69) is 20.0 Å². The van der Waals surface area contributed by atoms with Crippen LogP contribution in [0.15, 0.2) is 48.8 Å². The van der Waals surface area contributed by atoms with E-state index >= 15 is 0 Å².